The summed E-state index contributed by atoms with van der Waals surface area (Å²) in [6.45, 7) is 1.67. The smallest absolute Gasteiger partial charge is 0.0626 e. The molecule has 2 heterocycles. The minimum absolute atomic E-state index is 0.102. The van der Waals surface area contributed by atoms with E-state index < -0.39 is 0 Å². The van der Waals surface area contributed by atoms with E-state index in [1.54, 1.807) is 0 Å². The van der Waals surface area contributed by atoms with E-state index in [4.69, 9.17) is 4.74 Å². The van der Waals surface area contributed by atoms with Crippen LogP contribution in [0.2, 0.25) is 0 Å². The first kappa shape index (κ1) is 9.81. The second-order valence-electron chi connectivity index (χ2n) is 4.09. The topological polar surface area (TPSA) is 29.5 Å². The highest BCUT2D eigenvalue weighted by Crippen LogP contribution is 2.31. The van der Waals surface area contributed by atoms with Gasteiger partial charge in [-0.05, 0) is 36.7 Å². The van der Waals surface area contributed by atoms with Gasteiger partial charge < -0.3 is 9.84 Å². The Morgan fingerprint density at radius 3 is 2.85 bits per heavy atom. The van der Waals surface area contributed by atoms with Crippen LogP contribution in [0.15, 0.2) is 0 Å². The zero-order valence-corrected chi connectivity index (χ0v) is 8.76. The SMILES string of the molecule is OC(C1CCCOC1)C1CCSC1. The molecule has 3 unspecified atom stereocenters. The van der Waals surface area contributed by atoms with E-state index in [1.165, 1.54) is 12.2 Å². The lowest BCUT2D eigenvalue weighted by atomic mass is 9.87. The maximum atomic E-state index is 10.1. The molecular formula is C10H18O2S. The van der Waals surface area contributed by atoms with Gasteiger partial charge >= 0.3 is 0 Å². The molecule has 2 fully saturated rings. The van der Waals surface area contributed by atoms with Crippen LogP contribution in [-0.2, 0) is 4.74 Å². The van der Waals surface area contributed by atoms with Crippen molar-refractivity contribution in [3.05, 3.63) is 0 Å². The number of rotatable bonds is 2. The summed E-state index contributed by atoms with van der Waals surface area (Å²) in [4.78, 5) is 0. The molecule has 3 atom stereocenters. The van der Waals surface area contributed by atoms with Gasteiger partial charge in [0, 0.05) is 12.5 Å². The summed E-state index contributed by atoms with van der Waals surface area (Å²) in [6, 6.07) is 0. The van der Waals surface area contributed by atoms with Gasteiger partial charge in [-0.2, -0.15) is 11.8 Å². The third kappa shape index (κ3) is 2.39. The van der Waals surface area contributed by atoms with Crippen LogP contribution in [0.3, 0.4) is 0 Å². The molecule has 0 bridgehead atoms. The van der Waals surface area contributed by atoms with Gasteiger partial charge in [0.1, 0.15) is 0 Å². The van der Waals surface area contributed by atoms with Crippen LogP contribution in [0, 0.1) is 11.8 Å². The van der Waals surface area contributed by atoms with E-state index in [2.05, 4.69) is 0 Å². The lowest BCUT2D eigenvalue weighted by Gasteiger charge is -2.29. The second kappa shape index (κ2) is 4.67. The van der Waals surface area contributed by atoms with E-state index in [1.807, 2.05) is 11.8 Å². The van der Waals surface area contributed by atoms with Crippen molar-refractivity contribution in [3.8, 4) is 0 Å². The van der Waals surface area contributed by atoms with E-state index >= 15 is 0 Å². The van der Waals surface area contributed by atoms with Crippen LogP contribution in [0.1, 0.15) is 19.3 Å². The Hall–Kier alpha value is 0.270. The molecule has 0 aliphatic carbocycles. The first-order valence-electron chi connectivity index (χ1n) is 5.21. The summed E-state index contributed by atoms with van der Waals surface area (Å²) in [5.41, 5.74) is 0. The molecule has 0 amide bonds. The molecule has 2 aliphatic heterocycles. The van der Waals surface area contributed by atoms with Gasteiger partial charge in [0.15, 0.2) is 0 Å². The van der Waals surface area contributed by atoms with Gasteiger partial charge in [0.05, 0.1) is 12.7 Å². The van der Waals surface area contributed by atoms with Crippen molar-refractivity contribution in [2.45, 2.75) is 25.4 Å². The molecule has 0 aromatic carbocycles. The molecule has 0 aromatic heterocycles. The van der Waals surface area contributed by atoms with Gasteiger partial charge in [-0.15, -0.1) is 0 Å². The van der Waals surface area contributed by atoms with Crippen molar-refractivity contribution in [2.24, 2.45) is 11.8 Å². The first-order valence-corrected chi connectivity index (χ1v) is 6.37. The zero-order valence-electron chi connectivity index (χ0n) is 7.95. The fraction of sp³-hybridized carbons (Fsp3) is 1.00. The summed E-state index contributed by atoms with van der Waals surface area (Å²) in [5.74, 6) is 3.33. The molecule has 2 rings (SSSR count). The molecule has 0 aromatic rings. The lowest BCUT2D eigenvalue weighted by molar-refractivity contribution is -0.0283. The number of aliphatic hydroxyl groups excluding tert-OH is 1. The molecule has 3 heteroatoms. The van der Waals surface area contributed by atoms with Crippen molar-refractivity contribution in [3.63, 3.8) is 0 Å². The van der Waals surface area contributed by atoms with Crippen molar-refractivity contribution >= 4 is 11.8 Å². The molecule has 0 spiro atoms. The van der Waals surface area contributed by atoms with Gasteiger partial charge in [0.2, 0.25) is 0 Å². The largest absolute Gasteiger partial charge is 0.392 e. The van der Waals surface area contributed by atoms with Crippen molar-refractivity contribution in [1.82, 2.24) is 0 Å². The predicted octanol–water partition coefficient (Wildman–Crippen LogP) is 1.53. The Morgan fingerprint density at radius 1 is 1.31 bits per heavy atom. The van der Waals surface area contributed by atoms with E-state index in [-0.39, 0.29) is 6.10 Å². The Balaban J connectivity index is 1.83. The van der Waals surface area contributed by atoms with E-state index in [9.17, 15) is 5.11 Å². The quantitative estimate of drug-likeness (QED) is 0.736. The molecule has 0 radical (unpaired) electrons. The van der Waals surface area contributed by atoms with Gasteiger partial charge in [-0.25, -0.2) is 0 Å². The second-order valence-corrected chi connectivity index (χ2v) is 5.24. The van der Waals surface area contributed by atoms with Gasteiger partial charge in [-0.3, -0.25) is 0 Å². The fourth-order valence-corrected chi connectivity index (χ4v) is 3.54. The van der Waals surface area contributed by atoms with Crippen LogP contribution < -0.4 is 0 Å². The Bertz CT molecular complexity index is 151. The summed E-state index contributed by atoms with van der Waals surface area (Å²) >= 11 is 1.97. The zero-order chi connectivity index (χ0) is 9.10. The highest BCUT2D eigenvalue weighted by Gasteiger charge is 2.31. The maximum absolute atomic E-state index is 10.1. The van der Waals surface area contributed by atoms with E-state index in [0.29, 0.717) is 11.8 Å². The third-order valence-corrected chi connectivity index (χ3v) is 4.31. The summed E-state index contributed by atoms with van der Waals surface area (Å²) in [6.07, 6.45) is 3.38. The van der Waals surface area contributed by atoms with Crippen molar-refractivity contribution < 1.29 is 9.84 Å². The van der Waals surface area contributed by atoms with Crippen LogP contribution in [0.5, 0.6) is 0 Å². The molecule has 2 aliphatic rings. The molecular weight excluding hydrogens is 184 g/mol. The fourth-order valence-electron chi connectivity index (χ4n) is 2.24. The lowest BCUT2D eigenvalue weighted by Crippen LogP contribution is -2.34. The Morgan fingerprint density at radius 2 is 2.23 bits per heavy atom. The standard InChI is InChI=1S/C10H18O2S/c11-10(9-3-5-13-7-9)8-2-1-4-12-6-8/h8-11H,1-7H2. The van der Waals surface area contributed by atoms with Crippen molar-refractivity contribution in [2.75, 3.05) is 24.7 Å². The van der Waals surface area contributed by atoms with Crippen molar-refractivity contribution in [1.29, 1.82) is 0 Å². The highest BCUT2D eigenvalue weighted by molar-refractivity contribution is 7.99. The summed E-state index contributed by atoms with van der Waals surface area (Å²) < 4.78 is 5.40. The van der Waals surface area contributed by atoms with Crippen LogP contribution in [0.25, 0.3) is 0 Å². The molecule has 0 saturated carbocycles. The van der Waals surface area contributed by atoms with Gasteiger partial charge in [0.25, 0.3) is 0 Å². The van der Waals surface area contributed by atoms with Crippen LogP contribution >= 0.6 is 11.8 Å². The molecule has 2 nitrogen and oxygen atoms in total. The molecule has 1 N–H and O–H groups in total. The van der Waals surface area contributed by atoms with E-state index in [0.717, 1.165) is 31.8 Å². The third-order valence-electron chi connectivity index (χ3n) is 3.13. The maximum Gasteiger partial charge on any atom is 0.0626 e. The normalized spacial score (nSPS) is 37.6. The van der Waals surface area contributed by atoms with Crippen LogP contribution in [0.4, 0.5) is 0 Å². The average molecular weight is 202 g/mol. The first-order chi connectivity index (χ1) is 6.38. The minimum atomic E-state index is -0.102. The minimum Gasteiger partial charge on any atom is -0.392 e. The monoisotopic (exact) mass is 202 g/mol. The number of aliphatic hydroxyl groups is 1. The number of hydrogen-bond acceptors (Lipinski definition) is 3. The molecule has 13 heavy (non-hydrogen) atoms. The number of thioether (sulfide) groups is 1. The highest BCUT2D eigenvalue weighted by atomic mass is 32.2. The predicted molar refractivity (Wildman–Crippen MR) is 55.0 cm³/mol. The number of ether oxygens (including phenoxy) is 1. The summed E-state index contributed by atoms with van der Waals surface area (Å²) in [7, 11) is 0. The molecule has 2 saturated heterocycles. The number of hydrogen-bond donors (Lipinski definition) is 1. The average Bonchev–Trinajstić information content (AvgIpc) is 2.71. The van der Waals surface area contributed by atoms with Crippen LogP contribution in [-0.4, -0.2) is 35.9 Å². The van der Waals surface area contributed by atoms with Gasteiger partial charge in [-0.1, -0.05) is 0 Å². The summed E-state index contributed by atoms with van der Waals surface area (Å²) in [5, 5.41) is 10.1. The Labute approximate surface area is 84.0 Å². The molecule has 76 valence electrons. The Kier molecular flexibility index (Phi) is 3.52.